The van der Waals surface area contributed by atoms with Gasteiger partial charge in [-0.3, -0.25) is 14.0 Å². The Labute approximate surface area is 146 Å². The third-order valence-electron chi connectivity index (χ3n) is 4.44. The first-order valence-electron chi connectivity index (χ1n) is 7.97. The van der Waals surface area contributed by atoms with Gasteiger partial charge in [-0.15, -0.1) is 10.2 Å². The lowest BCUT2D eigenvalue weighted by Gasteiger charge is -2.29. The molecule has 4 heterocycles. The second-order valence-corrected chi connectivity index (χ2v) is 6.92. The number of anilines is 1. The molecule has 9 nitrogen and oxygen atoms in total. The van der Waals surface area contributed by atoms with E-state index < -0.39 is 0 Å². The molecule has 10 heteroatoms. The molecule has 1 unspecified atom stereocenters. The number of carbonyl (C=O) groups is 1. The Hall–Kier alpha value is -2.75. The van der Waals surface area contributed by atoms with Crippen molar-refractivity contribution in [2.24, 2.45) is 0 Å². The van der Waals surface area contributed by atoms with E-state index in [-0.39, 0.29) is 16.8 Å². The average molecular weight is 359 g/mol. The van der Waals surface area contributed by atoms with Crippen LogP contribution in [0.5, 0.6) is 0 Å². The molecule has 1 aliphatic heterocycles. The normalized spacial score (nSPS) is 17.3. The summed E-state index contributed by atoms with van der Waals surface area (Å²) in [5.74, 6) is 0.666. The predicted molar refractivity (Wildman–Crippen MR) is 93.1 cm³/mol. The summed E-state index contributed by atoms with van der Waals surface area (Å²) in [4.78, 5) is 34.6. The Morgan fingerprint density at radius 1 is 1.48 bits per heavy atom. The van der Waals surface area contributed by atoms with Crippen LogP contribution in [0.25, 0.3) is 5.65 Å². The molecule has 1 aliphatic rings. The fourth-order valence-corrected chi connectivity index (χ4v) is 3.72. The van der Waals surface area contributed by atoms with Crippen LogP contribution in [-0.4, -0.2) is 61.6 Å². The van der Waals surface area contributed by atoms with Gasteiger partial charge in [0.1, 0.15) is 24.2 Å². The van der Waals surface area contributed by atoms with Crippen molar-refractivity contribution in [1.82, 2.24) is 29.5 Å². The Balaban J connectivity index is 1.50. The number of amides is 1. The zero-order chi connectivity index (χ0) is 17.4. The molecule has 1 amide bonds. The van der Waals surface area contributed by atoms with Gasteiger partial charge < -0.3 is 14.8 Å². The van der Waals surface area contributed by atoms with Crippen molar-refractivity contribution in [2.45, 2.75) is 18.9 Å². The number of hydrogen-bond acceptors (Lipinski definition) is 7. The molecule has 1 N–H and O–H groups in total. The molecular weight excluding hydrogens is 342 g/mol. The zero-order valence-electron chi connectivity index (χ0n) is 13.6. The maximum atomic E-state index is 12.6. The first kappa shape index (κ1) is 15.8. The molecule has 4 rings (SSSR count). The molecule has 0 spiro atoms. The largest absolute Gasteiger partial charge is 0.357 e. The number of aromatic amines is 1. The molecular formula is C15H17N7O2S. The smallest absolute Gasteiger partial charge is 0.305 e. The van der Waals surface area contributed by atoms with Gasteiger partial charge in [-0.1, -0.05) is 11.3 Å². The van der Waals surface area contributed by atoms with Gasteiger partial charge >= 0.3 is 4.87 Å². The zero-order valence-corrected chi connectivity index (χ0v) is 14.4. The van der Waals surface area contributed by atoms with E-state index in [2.05, 4.69) is 20.2 Å². The van der Waals surface area contributed by atoms with Crippen LogP contribution in [-0.2, 0) is 0 Å². The van der Waals surface area contributed by atoms with Crippen LogP contribution in [0.15, 0.2) is 28.9 Å². The summed E-state index contributed by atoms with van der Waals surface area (Å²) in [6.45, 7) is 1.36. The van der Waals surface area contributed by atoms with Gasteiger partial charge in [0.2, 0.25) is 0 Å². The van der Waals surface area contributed by atoms with Gasteiger partial charge in [0.15, 0.2) is 5.65 Å². The molecule has 25 heavy (non-hydrogen) atoms. The maximum absolute atomic E-state index is 12.6. The molecule has 0 bridgehead atoms. The third kappa shape index (κ3) is 3.00. The van der Waals surface area contributed by atoms with Crippen molar-refractivity contribution in [3.8, 4) is 0 Å². The summed E-state index contributed by atoms with van der Waals surface area (Å²) in [5, 5.41) is 9.47. The number of H-pyrrole nitrogens is 1. The number of aromatic nitrogens is 5. The summed E-state index contributed by atoms with van der Waals surface area (Å²) >= 11 is 1.01. The Morgan fingerprint density at radius 3 is 3.16 bits per heavy atom. The van der Waals surface area contributed by atoms with E-state index in [1.165, 1.54) is 0 Å². The Kier molecular flexibility index (Phi) is 3.96. The molecule has 3 aromatic heterocycles. The average Bonchev–Trinajstić information content (AvgIpc) is 3.33. The summed E-state index contributed by atoms with van der Waals surface area (Å²) in [7, 11) is 1.95. The summed E-state index contributed by atoms with van der Waals surface area (Å²) in [5.41, 5.74) is 1.10. The highest BCUT2D eigenvalue weighted by Crippen LogP contribution is 2.22. The summed E-state index contributed by atoms with van der Waals surface area (Å²) in [6, 6.07) is 1.95. The minimum absolute atomic E-state index is 0.0804. The third-order valence-corrected chi connectivity index (χ3v) is 5.11. The molecule has 0 aliphatic carbocycles. The van der Waals surface area contributed by atoms with Gasteiger partial charge in [0.05, 0.1) is 0 Å². The van der Waals surface area contributed by atoms with Gasteiger partial charge in [-0.25, -0.2) is 4.98 Å². The topological polar surface area (TPSA) is 99.5 Å². The summed E-state index contributed by atoms with van der Waals surface area (Å²) < 4.78 is 1.75. The van der Waals surface area contributed by atoms with Crippen LogP contribution in [0.1, 0.15) is 23.3 Å². The number of nitrogens with zero attached hydrogens (tertiary/aromatic N) is 6. The lowest BCUT2D eigenvalue weighted by Crippen LogP contribution is -2.42. The van der Waals surface area contributed by atoms with Crippen LogP contribution >= 0.6 is 11.3 Å². The minimum atomic E-state index is -0.206. The molecule has 130 valence electrons. The number of likely N-dealkylation sites (N-methyl/N-ethyl adjacent to an activating group) is 1. The van der Waals surface area contributed by atoms with Crippen LogP contribution in [0.4, 0.5) is 5.82 Å². The van der Waals surface area contributed by atoms with E-state index in [9.17, 15) is 9.59 Å². The number of fused-ring (bicyclic) bond motifs is 1. The quantitative estimate of drug-likeness (QED) is 0.733. The number of likely N-dealkylation sites (tertiary alicyclic amines) is 1. The van der Waals surface area contributed by atoms with Crippen molar-refractivity contribution in [3.63, 3.8) is 0 Å². The lowest BCUT2D eigenvalue weighted by atomic mass is 10.2. The lowest BCUT2D eigenvalue weighted by molar-refractivity contribution is 0.0735. The number of rotatable bonds is 4. The van der Waals surface area contributed by atoms with E-state index in [1.54, 1.807) is 22.4 Å². The van der Waals surface area contributed by atoms with Crippen molar-refractivity contribution in [2.75, 3.05) is 25.0 Å². The molecule has 1 saturated heterocycles. The number of hydrogen-bond donors (Lipinski definition) is 1. The van der Waals surface area contributed by atoms with Crippen molar-refractivity contribution in [3.05, 3.63) is 39.5 Å². The maximum Gasteiger partial charge on any atom is 0.305 e. The van der Waals surface area contributed by atoms with Crippen molar-refractivity contribution >= 4 is 28.7 Å². The van der Waals surface area contributed by atoms with Crippen LogP contribution in [0, 0.1) is 0 Å². The Morgan fingerprint density at radius 2 is 2.36 bits per heavy atom. The fourth-order valence-electron chi connectivity index (χ4n) is 3.17. The number of nitrogens with one attached hydrogen (secondary N) is 1. The molecule has 1 fully saturated rings. The molecule has 0 aromatic carbocycles. The van der Waals surface area contributed by atoms with E-state index >= 15 is 0 Å². The van der Waals surface area contributed by atoms with Gasteiger partial charge in [0, 0.05) is 37.6 Å². The minimum Gasteiger partial charge on any atom is -0.357 e. The fraction of sp³-hybridized carbons (Fsp3) is 0.400. The molecule has 0 saturated carbocycles. The summed E-state index contributed by atoms with van der Waals surface area (Å²) in [6.07, 6.45) is 5.16. The molecule has 1 atom stereocenters. The van der Waals surface area contributed by atoms with E-state index in [1.807, 2.05) is 22.9 Å². The Bertz CT molecular complexity index is 962. The highest BCUT2D eigenvalue weighted by atomic mass is 32.1. The second kappa shape index (κ2) is 6.28. The number of carbonyl (C=O) groups excluding carboxylic acids is 1. The van der Waals surface area contributed by atoms with Crippen molar-refractivity contribution in [1.29, 1.82) is 0 Å². The predicted octanol–water partition coefficient (Wildman–Crippen LogP) is 0.615. The van der Waals surface area contributed by atoms with Gasteiger partial charge in [-0.05, 0) is 12.8 Å². The van der Waals surface area contributed by atoms with Gasteiger partial charge in [-0.2, -0.15) is 0 Å². The second-order valence-electron chi connectivity index (χ2n) is 6.08. The van der Waals surface area contributed by atoms with Crippen LogP contribution in [0.3, 0.4) is 0 Å². The highest BCUT2D eigenvalue weighted by molar-refractivity contribution is 7.07. The monoisotopic (exact) mass is 359 g/mol. The first-order chi connectivity index (χ1) is 12.1. The number of thiazole rings is 1. The van der Waals surface area contributed by atoms with E-state index in [4.69, 9.17) is 0 Å². The SMILES string of the molecule is CN(CC1CCCN1C(=O)c1csc(=O)[nH]1)c1cc2nncn2cn1. The van der Waals surface area contributed by atoms with E-state index in [0.717, 1.165) is 35.6 Å². The first-order valence-corrected chi connectivity index (χ1v) is 8.85. The van der Waals surface area contributed by atoms with Crippen molar-refractivity contribution < 1.29 is 4.79 Å². The van der Waals surface area contributed by atoms with Crippen LogP contribution in [0.2, 0.25) is 0 Å². The van der Waals surface area contributed by atoms with E-state index in [0.29, 0.717) is 18.8 Å². The highest BCUT2D eigenvalue weighted by Gasteiger charge is 2.31. The van der Waals surface area contributed by atoms with Crippen LogP contribution < -0.4 is 9.77 Å². The van der Waals surface area contributed by atoms with Gasteiger partial charge in [0.25, 0.3) is 5.91 Å². The molecule has 0 radical (unpaired) electrons. The standard InChI is InChI=1S/C15H17N7O2S/c1-20(12-5-13-19-17-9-21(13)8-16-12)6-10-3-2-4-22(10)14(23)11-7-25-15(24)18-11/h5,7-10H,2-4,6H2,1H3,(H,18,24). The molecule has 3 aromatic rings.